The Morgan fingerprint density at radius 3 is 2.42 bits per heavy atom. The highest BCUT2D eigenvalue weighted by Gasteiger charge is 2.37. The number of esters is 1. The van der Waals surface area contributed by atoms with Crippen molar-refractivity contribution in [3.63, 3.8) is 0 Å². The van der Waals surface area contributed by atoms with Gasteiger partial charge in [0.2, 0.25) is 0 Å². The van der Waals surface area contributed by atoms with Crippen LogP contribution in [0.15, 0.2) is 72.1 Å². The number of carbonyl (C=O) groups is 2. The Bertz CT molecular complexity index is 1220. The number of benzene rings is 2. The summed E-state index contributed by atoms with van der Waals surface area (Å²) in [6.45, 7) is 5.33. The molecular formula is C25H25ClN4O3. The van der Waals surface area contributed by atoms with Gasteiger partial charge >= 0.3 is 12.0 Å². The van der Waals surface area contributed by atoms with Crippen molar-refractivity contribution < 1.29 is 14.3 Å². The van der Waals surface area contributed by atoms with Crippen LogP contribution < -0.4 is 5.32 Å². The molecule has 0 saturated heterocycles. The van der Waals surface area contributed by atoms with Gasteiger partial charge < -0.3 is 15.0 Å². The van der Waals surface area contributed by atoms with Crippen LogP contribution in [-0.2, 0) is 9.53 Å². The van der Waals surface area contributed by atoms with E-state index < -0.39 is 12.0 Å². The summed E-state index contributed by atoms with van der Waals surface area (Å²) in [5, 5.41) is 8.37. The van der Waals surface area contributed by atoms with E-state index in [4.69, 9.17) is 21.4 Å². The minimum Gasteiger partial charge on any atom is -0.459 e. The topological polar surface area (TPSA) is 76.5 Å². The molecule has 2 aromatic carbocycles. The van der Waals surface area contributed by atoms with Crippen molar-refractivity contribution in [1.29, 1.82) is 0 Å². The third kappa shape index (κ3) is 4.50. The molecule has 2 amide bonds. The van der Waals surface area contributed by atoms with Crippen LogP contribution >= 0.6 is 11.6 Å². The molecule has 0 fully saturated rings. The van der Waals surface area contributed by atoms with Crippen LogP contribution in [0.1, 0.15) is 32.4 Å². The van der Waals surface area contributed by atoms with Gasteiger partial charge in [-0.2, -0.15) is 5.10 Å². The predicted molar refractivity (Wildman–Crippen MR) is 127 cm³/mol. The highest BCUT2D eigenvalue weighted by molar-refractivity contribution is 6.30. The minimum atomic E-state index is -0.733. The van der Waals surface area contributed by atoms with Crippen molar-refractivity contribution in [2.45, 2.75) is 32.9 Å². The Morgan fingerprint density at radius 2 is 1.79 bits per heavy atom. The standard InChI is InChI=1S/C25H25ClN4O3/c1-15(2)33-24(31)21-16(3)29(4)25(32)27-23(21)20-14-30(19-8-6-5-7-9-19)28-22(20)17-10-12-18(26)13-11-17/h5-15,23H,1-4H3,(H,27,32)/t23-/m1/s1. The van der Waals surface area contributed by atoms with E-state index in [0.29, 0.717) is 27.6 Å². The molecule has 33 heavy (non-hydrogen) atoms. The predicted octanol–water partition coefficient (Wildman–Crippen LogP) is 5.11. The second-order valence-electron chi connectivity index (χ2n) is 8.11. The molecule has 0 spiro atoms. The molecule has 0 bridgehead atoms. The Balaban J connectivity index is 1.91. The molecule has 0 saturated carbocycles. The second-order valence-corrected chi connectivity index (χ2v) is 8.55. The van der Waals surface area contributed by atoms with Crippen LogP contribution in [0.3, 0.4) is 0 Å². The molecule has 1 aliphatic rings. The van der Waals surface area contributed by atoms with Crippen LogP contribution in [0.4, 0.5) is 4.79 Å². The first kappa shape index (κ1) is 22.6. The van der Waals surface area contributed by atoms with Crippen molar-refractivity contribution in [2.75, 3.05) is 7.05 Å². The molecule has 170 valence electrons. The lowest BCUT2D eigenvalue weighted by Crippen LogP contribution is -2.46. The number of aromatic nitrogens is 2. The summed E-state index contributed by atoms with van der Waals surface area (Å²) in [6.07, 6.45) is 1.54. The molecule has 1 aliphatic heterocycles. The second kappa shape index (κ2) is 9.11. The van der Waals surface area contributed by atoms with Gasteiger partial charge in [0.25, 0.3) is 0 Å². The minimum absolute atomic E-state index is 0.302. The van der Waals surface area contributed by atoms with Crippen molar-refractivity contribution in [3.8, 4) is 16.9 Å². The van der Waals surface area contributed by atoms with Gasteiger partial charge in [-0.3, -0.25) is 0 Å². The molecule has 8 heteroatoms. The Labute approximate surface area is 197 Å². The molecule has 0 aliphatic carbocycles. The van der Waals surface area contributed by atoms with Gasteiger partial charge in [0.1, 0.15) is 0 Å². The van der Waals surface area contributed by atoms with Gasteiger partial charge in [0.15, 0.2) is 0 Å². The zero-order valence-corrected chi connectivity index (χ0v) is 19.6. The maximum atomic E-state index is 13.1. The average molecular weight is 465 g/mol. The van der Waals surface area contributed by atoms with Crippen LogP contribution in [0.2, 0.25) is 5.02 Å². The lowest BCUT2D eigenvalue weighted by Gasteiger charge is -2.33. The zero-order valence-electron chi connectivity index (χ0n) is 18.9. The summed E-state index contributed by atoms with van der Waals surface area (Å²) in [6, 6.07) is 15.9. The lowest BCUT2D eigenvalue weighted by atomic mass is 9.93. The van der Waals surface area contributed by atoms with Crippen molar-refractivity contribution in [3.05, 3.63) is 82.7 Å². The number of carbonyl (C=O) groups excluding carboxylic acids is 2. The molecule has 7 nitrogen and oxygen atoms in total. The molecule has 2 heterocycles. The largest absolute Gasteiger partial charge is 0.459 e. The smallest absolute Gasteiger partial charge is 0.338 e. The number of amides is 2. The third-order valence-electron chi connectivity index (χ3n) is 5.51. The maximum absolute atomic E-state index is 13.1. The number of para-hydroxylation sites is 1. The number of ether oxygens (including phenoxy) is 1. The summed E-state index contributed by atoms with van der Waals surface area (Å²) in [7, 11) is 1.62. The van der Waals surface area contributed by atoms with Crippen LogP contribution in [0, 0.1) is 0 Å². The number of halogens is 1. The Kier molecular flexibility index (Phi) is 6.24. The summed E-state index contributed by atoms with van der Waals surface area (Å²) >= 11 is 6.10. The van der Waals surface area contributed by atoms with E-state index in [2.05, 4.69) is 5.32 Å². The van der Waals surface area contributed by atoms with Gasteiger partial charge in [0.05, 0.1) is 29.1 Å². The molecule has 0 radical (unpaired) electrons. The maximum Gasteiger partial charge on any atom is 0.338 e. The fourth-order valence-electron chi connectivity index (χ4n) is 3.75. The van der Waals surface area contributed by atoms with E-state index in [-0.39, 0.29) is 12.1 Å². The Hall–Kier alpha value is -3.58. The van der Waals surface area contributed by atoms with Crippen LogP contribution in [0.5, 0.6) is 0 Å². The van der Waals surface area contributed by atoms with E-state index in [0.717, 1.165) is 11.3 Å². The molecular weight excluding hydrogens is 440 g/mol. The number of hydrogen-bond acceptors (Lipinski definition) is 4. The fourth-order valence-corrected chi connectivity index (χ4v) is 3.88. The number of nitrogens with zero attached hydrogens (tertiary/aromatic N) is 3. The van der Waals surface area contributed by atoms with E-state index in [1.54, 1.807) is 44.6 Å². The first-order valence-electron chi connectivity index (χ1n) is 10.6. The summed E-state index contributed by atoms with van der Waals surface area (Å²) < 4.78 is 7.27. The van der Waals surface area contributed by atoms with Crippen LogP contribution in [-0.4, -0.2) is 39.8 Å². The van der Waals surface area contributed by atoms with Gasteiger partial charge in [-0.25, -0.2) is 14.3 Å². The summed E-state index contributed by atoms with van der Waals surface area (Å²) in [5.74, 6) is -0.478. The number of hydrogen-bond donors (Lipinski definition) is 1. The first-order chi connectivity index (χ1) is 15.8. The van der Waals surface area contributed by atoms with Crippen molar-refractivity contribution >= 4 is 23.6 Å². The fraction of sp³-hybridized carbons (Fsp3) is 0.240. The van der Waals surface area contributed by atoms with E-state index in [1.807, 2.05) is 48.7 Å². The first-order valence-corrected chi connectivity index (χ1v) is 11.0. The number of nitrogens with one attached hydrogen (secondary N) is 1. The molecule has 0 unspecified atom stereocenters. The zero-order chi connectivity index (χ0) is 23.7. The molecule has 1 aromatic heterocycles. The molecule has 1 N–H and O–H groups in total. The molecule has 1 atom stereocenters. The van der Waals surface area contributed by atoms with Gasteiger partial charge in [-0.05, 0) is 45.0 Å². The number of allylic oxidation sites excluding steroid dienone is 1. The number of rotatable bonds is 5. The third-order valence-corrected chi connectivity index (χ3v) is 5.76. The SMILES string of the molecule is CC1=C(C(=O)OC(C)C)[C@@H](c2cn(-c3ccccc3)nc2-c2ccc(Cl)cc2)NC(=O)N1C. The van der Waals surface area contributed by atoms with Crippen molar-refractivity contribution in [2.24, 2.45) is 0 Å². The van der Waals surface area contributed by atoms with E-state index in [9.17, 15) is 9.59 Å². The van der Waals surface area contributed by atoms with Gasteiger partial charge in [-0.1, -0.05) is 41.9 Å². The van der Waals surface area contributed by atoms with Crippen molar-refractivity contribution in [1.82, 2.24) is 20.0 Å². The lowest BCUT2D eigenvalue weighted by molar-refractivity contribution is -0.143. The monoisotopic (exact) mass is 464 g/mol. The summed E-state index contributed by atoms with van der Waals surface area (Å²) in [5.41, 5.74) is 3.87. The highest BCUT2D eigenvalue weighted by atomic mass is 35.5. The highest BCUT2D eigenvalue weighted by Crippen LogP contribution is 2.37. The van der Waals surface area contributed by atoms with Crippen LogP contribution in [0.25, 0.3) is 16.9 Å². The molecule has 3 aromatic rings. The van der Waals surface area contributed by atoms with E-state index in [1.165, 1.54) is 4.90 Å². The van der Waals surface area contributed by atoms with Gasteiger partial charge in [0, 0.05) is 35.1 Å². The average Bonchev–Trinajstić information content (AvgIpc) is 3.23. The quantitative estimate of drug-likeness (QED) is 0.532. The normalized spacial score (nSPS) is 16.2. The van der Waals surface area contributed by atoms with E-state index >= 15 is 0 Å². The number of urea groups is 1. The van der Waals surface area contributed by atoms with Gasteiger partial charge in [-0.15, -0.1) is 0 Å². The molecule has 4 rings (SSSR count). The summed E-state index contributed by atoms with van der Waals surface area (Å²) in [4.78, 5) is 27.3. The Morgan fingerprint density at radius 1 is 1.12 bits per heavy atom.